The maximum absolute atomic E-state index is 12.1. The van der Waals surface area contributed by atoms with E-state index < -0.39 is 48.4 Å². The van der Waals surface area contributed by atoms with Crippen molar-refractivity contribution in [3.05, 3.63) is 53.6 Å². The molecule has 0 saturated carbocycles. The van der Waals surface area contributed by atoms with Crippen LogP contribution in [0.1, 0.15) is 44.9 Å². The summed E-state index contributed by atoms with van der Waals surface area (Å²) in [7, 11) is 2.84. The fourth-order valence-electron chi connectivity index (χ4n) is 4.54. The number of hydrogen-bond donors (Lipinski definition) is 0. The topological polar surface area (TPSA) is 124 Å². The van der Waals surface area contributed by atoms with Crippen molar-refractivity contribution >= 4 is 23.9 Å². The summed E-state index contributed by atoms with van der Waals surface area (Å²) in [5, 5.41) is 0. The molecule has 10 nitrogen and oxygen atoms in total. The van der Waals surface area contributed by atoms with Gasteiger partial charge in [0.25, 0.3) is 0 Å². The lowest BCUT2D eigenvalue weighted by Crippen LogP contribution is -2.57. The fraction of sp³-hybridized carbons (Fsp3) is 0.429. The molecule has 1 aliphatic heterocycles. The van der Waals surface area contributed by atoms with E-state index in [1.165, 1.54) is 35.0 Å². The molecule has 0 aliphatic carbocycles. The normalized spacial score (nSPS) is 22.6. The highest BCUT2D eigenvalue weighted by molar-refractivity contribution is 5.75. The zero-order chi connectivity index (χ0) is 28.0. The molecule has 1 saturated heterocycles. The molecule has 3 rings (SSSR count). The van der Waals surface area contributed by atoms with Gasteiger partial charge in [0.15, 0.2) is 18.3 Å². The largest absolute Gasteiger partial charge is 0.496 e. The van der Waals surface area contributed by atoms with E-state index in [-0.39, 0.29) is 12.4 Å². The van der Waals surface area contributed by atoms with Crippen molar-refractivity contribution in [3.63, 3.8) is 0 Å². The van der Waals surface area contributed by atoms with Gasteiger partial charge >= 0.3 is 23.9 Å². The molecule has 0 unspecified atom stereocenters. The first-order valence-corrected chi connectivity index (χ1v) is 12.1. The average Bonchev–Trinajstić information content (AvgIpc) is 2.86. The standard InChI is InChI=1S/C28H32O10/c1-15-24(36-16(2)29)27(37-17(3)30)28(38-18(4)31)26(35-15)22-9-7-8-21(25(22)34-6)20-12-10-19(11-13-20)14-23(32)33-5/h7-13,15,24,26-28H,14H2,1-6H3/t15-,24+,26+,27+,28+/m0/s1. The second-order valence-electron chi connectivity index (χ2n) is 8.86. The minimum Gasteiger partial charge on any atom is -0.496 e. The van der Waals surface area contributed by atoms with Gasteiger partial charge in [-0.2, -0.15) is 0 Å². The minimum atomic E-state index is -1.14. The molecule has 38 heavy (non-hydrogen) atoms. The van der Waals surface area contributed by atoms with Crippen LogP contribution in [0, 0.1) is 0 Å². The molecular weight excluding hydrogens is 496 g/mol. The minimum absolute atomic E-state index is 0.146. The summed E-state index contributed by atoms with van der Waals surface area (Å²) in [5.41, 5.74) is 2.86. The van der Waals surface area contributed by atoms with Crippen LogP contribution in [0.4, 0.5) is 0 Å². The van der Waals surface area contributed by atoms with Crippen LogP contribution >= 0.6 is 0 Å². The van der Waals surface area contributed by atoms with Crippen LogP contribution in [0.15, 0.2) is 42.5 Å². The van der Waals surface area contributed by atoms with Crippen molar-refractivity contribution in [3.8, 4) is 16.9 Å². The van der Waals surface area contributed by atoms with Crippen LogP contribution < -0.4 is 4.74 Å². The van der Waals surface area contributed by atoms with Crippen molar-refractivity contribution < 1.29 is 47.6 Å². The highest BCUT2D eigenvalue weighted by Crippen LogP contribution is 2.44. The van der Waals surface area contributed by atoms with Crippen molar-refractivity contribution in [2.75, 3.05) is 14.2 Å². The summed E-state index contributed by atoms with van der Waals surface area (Å²) < 4.78 is 33.3. The second kappa shape index (κ2) is 12.6. The lowest BCUT2D eigenvalue weighted by atomic mass is 9.88. The maximum atomic E-state index is 12.1. The zero-order valence-electron chi connectivity index (χ0n) is 22.2. The van der Waals surface area contributed by atoms with Gasteiger partial charge < -0.3 is 28.4 Å². The first-order valence-electron chi connectivity index (χ1n) is 12.1. The van der Waals surface area contributed by atoms with E-state index >= 15 is 0 Å². The molecule has 1 fully saturated rings. The van der Waals surface area contributed by atoms with E-state index in [0.29, 0.717) is 11.3 Å². The Kier molecular flexibility index (Phi) is 9.46. The van der Waals surface area contributed by atoms with E-state index in [2.05, 4.69) is 0 Å². The van der Waals surface area contributed by atoms with Gasteiger partial charge in [0.1, 0.15) is 11.9 Å². The Bertz CT molecular complexity index is 1170. The van der Waals surface area contributed by atoms with Crippen LogP contribution in [0.2, 0.25) is 0 Å². The Labute approximate surface area is 221 Å². The highest BCUT2D eigenvalue weighted by atomic mass is 16.6. The predicted octanol–water partition coefficient (Wildman–Crippen LogP) is 3.33. The third-order valence-electron chi connectivity index (χ3n) is 6.07. The Hall–Kier alpha value is -3.92. The molecule has 0 amide bonds. The van der Waals surface area contributed by atoms with Crippen molar-refractivity contribution in [2.45, 2.75) is 64.6 Å². The van der Waals surface area contributed by atoms with Gasteiger partial charge in [0, 0.05) is 31.9 Å². The van der Waals surface area contributed by atoms with Gasteiger partial charge in [-0.1, -0.05) is 42.5 Å². The monoisotopic (exact) mass is 528 g/mol. The van der Waals surface area contributed by atoms with Crippen molar-refractivity contribution in [2.24, 2.45) is 0 Å². The number of methoxy groups -OCH3 is 2. The lowest BCUT2D eigenvalue weighted by molar-refractivity contribution is -0.245. The Balaban J connectivity index is 2.07. The summed E-state index contributed by atoms with van der Waals surface area (Å²) in [6.45, 7) is 5.35. The van der Waals surface area contributed by atoms with Crippen LogP contribution in [-0.4, -0.2) is 62.5 Å². The predicted molar refractivity (Wildman–Crippen MR) is 134 cm³/mol. The molecule has 0 aromatic heterocycles. The Morgan fingerprint density at radius 1 is 0.789 bits per heavy atom. The summed E-state index contributed by atoms with van der Waals surface area (Å²) in [5.74, 6) is -1.75. The maximum Gasteiger partial charge on any atom is 0.309 e. The van der Waals surface area contributed by atoms with Crippen molar-refractivity contribution in [1.29, 1.82) is 0 Å². The van der Waals surface area contributed by atoms with E-state index in [1.807, 2.05) is 30.3 Å². The number of carbonyl (C=O) groups excluding carboxylic acids is 4. The number of para-hydroxylation sites is 1. The number of carbonyl (C=O) groups is 4. The zero-order valence-corrected chi connectivity index (χ0v) is 22.2. The number of esters is 4. The van der Waals surface area contributed by atoms with Crippen LogP contribution in [0.5, 0.6) is 5.75 Å². The molecule has 5 atom stereocenters. The van der Waals surface area contributed by atoms with Crippen LogP contribution in [-0.2, 0) is 49.3 Å². The van der Waals surface area contributed by atoms with Gasteiger partial charge in [-0.15, -0.1) is 0 Å². The third kappa shape index (κ3) is 6.69. The quantitative estimate of drug-likeness (QED) is 0.372. The number of rotatable bonds is 8. The van der Waals surface area contributed by atoms with E-state index in [9.17, 15) is 19.2 Å². The smallest absolute Gasteiger partial charge is 0.309 e. The molecule has 1 aliphatic rings. The lowest BCUT2D eigenvalue weighted by Gasteiger charge is -2.44. The van der Waals surface area contributed by atoms with E-state index in [1.54, 1.807) is 19.1 Å². The molecule has 0 spiro atoms. The molecule has 0 radical (unpaired) electrons. The van der Waals surface area contributed by atoms with E-state index in [0.717, 1.165) is 16.7 Å². The molecular formula is C28H32O10. The highest BCUT2D eigenvalue weighted by Gasteiger charge is 2.51. The summed E-state index contributed by atoms with van der Waals surface area (Å²) in [4.78, 5) is 47.5. The van der Waals surface area contributed by atoms with Gasteiger partial charge in [0.05, 0.1) is 26.7 Å². The third-order valence-corrected chi connectivity index (χ3v) is 6.07. The SMILES string of the molecule is COC(=O)Cc1ccc(-c2cccc([C@H]3O[C@@H](C)[C@@H](OC(C)=O)[C@@H](OC(C)=O)[C@@H]3OC(C)=O)c2OC)cc1. The summed E-state index contributed by atoms with van der Waals surface area (Å²) in [6.07, 6.45) is -4.76. The van der Waals surface area contributed by atoms with Gasteiger partial charge in [-0.05, 0) is 18.1 Å². The first-order chi connectivity index (χ1) is 18.0. The van der Waals surface area contributed by atoms with Crippen molar-refractivity contribution in [1.82, 2.24) is 0 Å². The Morgan fingerprint density at radius 3 is 1.92 bits per heavy atom. The van der Waals surface area contributed by atoms with Gasteiger partial charge in [-0.3, -0.25) is 19.2 Å². The summed E-state index contributed by atoms with van der Waals surface area (Å²) >= 11 is 0. The number of ether oxygens (including phenoxy) is 6. The first kappa shape index (κ1) is 28.6. The van der Waals surface area contributed by atoms with E-state index in [4.69, 9.17) is 28.4 Å². The molecule has 0 N–H and O–H groups in total. The number of benzene rings is 2. The molecule has 2 aromatic carbocycles. The fourth-order valence-corrected chi connectivity index (χ4v) is 4.54. The number of hydrogen-bond acceptors (Lipinski definition) is 10. The molecule has 204 valence electrons. The van der Waals surface area contributed by atoms with Gasteiger partial charge in [0.2, 0.25) is 0 Å². The van der Waals surface area contributed by atoms with Crippen LogP contribution in [0.3, 0.4) is 0 Å². The van der Waals surface area contributed by atoms with Crippen LogP contribution in [0.25, 0.3) is 11.1 Å². The summed E-state index contributed by atoms with van der Waals surface area (Å²) in [6, 6.07) is 12.8. The Morgan fingerprint density at radius 2 is 1.37 bits per heavy atom. The molecule has 0 bridgehead atoms. The van der Waals surface area contributed by atoms with Gasteiger partial charge in [-0.25, -0.2) is 0 Å². The molecule has 10 heteroatoms. The average molecular weight is 529 g/mol. The molecule has 2 aromatic rings. The second-order valence-corrected chi connectivity index (χ2v) is 8.86. The molecule has 1 heterocycles.